The predicted octanol–water partition coefficient (Wildman–Crippen LogP) is 4.52. The van der Waals surface area contributed by atoms with Crippen molar-refractivity contribution in [1.82, 2.24) is 14.5 Å². The van der Waals surface area contributed by atoms with Crippen molar-refractivity contribution in [3.63, 3.8) is 0 Å². The number of nitrogens with one attached hydrogen (secondary N) is 1. The van der Waals surface area contributed by atoms with Crippen LogP contribution in [0.2, 0.25) is 5.02 Å². The third-order valence-corrected chi connectivity index (χ3v) is 6.89. The molecular weight excluding hydrogens is 420 g/mol. The Kier molecular flexibility index (Phi) is 6.95. The zero-order chi connectivity index (χ0) is 22.0. The third kappa shape index (κ3) is 4.58. The fourth-order valence-corrected chi connectivity index (χ4v) is 4.53. The molecule has 160 valence electrons. The van der Waals surface area contributed by atoms with Gasteiger partial charge in [-0.2, -0.15) is 0 Å². The topological polar surface area (TPSA) is 67.2 Å². The molecule has 0 saturated heterocycles. The Morgan fingerprint density at radius 3 is 2.57 bits per heavy atom. The highest BCUT2D eigenvalue weighted by molar-refractivity contribution is 7.18. The zero-order valence-electron chi connectivity index (χ0n) is 18.0. The van der Waals surface area contributed by atoms with Crippen molar-refractivity contribution in [2.24, 2.45) is 0 Å². The van der Waals surface area contributed by atoms with E-state index in [0.29, 0.717) is 28.5 Å². The van der Waals surface area contributed by atoms with Gasteiger partial charge < -0.3 is 5.32 Å². The lowest BCUT2D eigenvalue weighted by molar-refractivity contribution is -0.116. The average molecular weight is 447 g/mol. The molecular formula is C22H27ClN4O2S. The molecule has 2 aromatic heterocycles. The summed E-state index contributed by atoms with van der Waals surface area (Å²) >= 11 is 7.69. The highest BCUT2D eigenvalue weighted by Gasteiger charge is 2.19. The van der Waals surface area contributed by atoms with Crippen LogP contribution >= 0.6 is 22.9 Å². The molecule has 2 heterocycles. The van der Waals surface area contributed by atoms with E-state index in [9.17, 15) is 9.59 Å². The molecule has 0 unspecified atom stereocenters. The molecule has 30 heavy (non-hydrogen) atoms. The van der Waals surface area contributed by atoms with E-state index in [0.717, 1.165) is 33.9 Å². The van der Waals surface area contributed by atoms with Crippen molar-refractivity contribution in [2.75, 3.05) is 18.4 Å². The van der Waals surface area contributed by atoms with Gasteiger partial charge in [0.05, 0.1) is 11.9 Å². The van der Waals surface area contributed by atoms with Gasteiger partial charge in [0.2, 0.25) is 5.91 Å². The average Bonchev–Trinajstić information content (AvgIpc) is 2.99. The van der Waals surface area contributed by atoms with Crippen molar-refractivity contribution in [3.05, 3.63) is 55.4 Å². The second-order valence-electron chi connectivity index (χ2n) is 7.36. The van der Waals surface area contributed by atoms with E-state index in [1.807, 2.05) is 26.8 Å². The number of carbonyl (C=O) groups excluding carboxylic acids is 1. The fraction of sp³-hybridized carbons (Fsp3) is 0.409. The minimum atomic E-state index is -0.288. The summed E-state index contributed by atoms with van der Waals surface area (Å²) in [7, 11) is 0. The van der Waals surface area contributed by atoms with Crippen LogP contribution in [-0.2, 0) is 17.9 Å². The SMILES string of the molecule is CCN(CC)Cc1nc2sc(C)c(C)c2c(=O)n1CC(=O)Nc1ccc(C)c(Cl)c1. The van der Waals surface area contributed by atoms with Gasteiger partial charge in [0, 0.05) is 15.6 Å². The maximum Gasteiger partial charge on any atom is 0.263 e. The zero-order valence-corrected chi connectivity index (χ0v) is 19.6. The molecule has 0 radical (unpaired) electrons. The third-order valence-electron chi connectivity index (χ3n) is 5.38. The first-order valence-electron chi connectivity index (χ1n) is 10.0. The Hall–Kier alpha value is -2.22. The Labute approximate surface area is 185 Å². The van der Waals surface area contributed by atoms with Crippen LogP contribution in [0.15, 0.2) is 23.0 Å². The summed E-state index contributed by atoms with van der Waals surface area (Å²) in [5, 5.41) is 4.03. The normalized spacial score (nSPS) is 11.4. The number of nitrogens with zero attached hydrogens (tertiary/aromatic N) is 3. The Morgan fingerprint density at radius 1 is 1.23 bits per heavy atom. The van der Waals surface area contributed by atoms with E-state index in [4.69, 9.17) is 16.6 Å². The van der Waals surface area contributed by atoms with Gasteiger partial charge in [0.1, 0.15) is 17.2 Å². The number of rotatable bonds is 7. The van der Waals surface area contributed by atoms with Crippen molar-refractivity contribution in [3.8, 4) is 0 Å². The molecule has 8 heteroatoms. The molecule has 1 N–H and O–H groups in total. The molecule has 1 amide bonds. The molecule has 0 aliphatic carbocycles. The van der Waals surface area contributed by atoms with Gasteiger partial charge in [-0.15, -0.1) is 11.3 Å². The van der Waals surface area contributed by atoms with Crippen LogP contribution in [0.4, 0.5) is 5.69 Å². The molecule has 0 atom stereocenters. The lowest BCUT2D eigenvalue weighted by Gasteiger charge is -2.20. The summed E-state index contributed by atoms with van der Waals surface area (Å²) in [5.41, 5.74) is 2.30. The van der Waals surface area contributed by atoms with Crippen molar-refractivity contribution >= 4 is 44.7 Å². The second kappa shape index (κ2) is 9.29. The molecule has 0 spiro atoms. The summed E-state index contributed by atoms with van der Waals surface area (Å²) in [5.74, 6) is 0.318. The van der Waals surface area contributed by atoms with Gasteiger partial charge in [-0.1, -0.05) is 31.5 Å². The Balaban J connectivity index is 1.99. The molecule has 0 bridgehead atoms. The van der Waals surface area contributed by atoms with Crippen LogP contribution in [0.25, 0.3) is 10.2 Å². The maximum atomic E-state index is 13.3. The van der Waals surface area contributed by atoms with Crippen LogP contribution in [0.5, 0.6) is 0 Å². The molecule has 1 aromatic carbocycles. The second-order valence-corrected chi connectivity index (χ2v) is 8.97. The van der Waals surface area contributed by atoms with Crippen LogP contribution in [-0.4, -0.2) is 33.4 Å². The number of aromatic nitrogens is 2. The number of halogens is 1. The lowest BCUT2D eigenvalue weighted by atomic mass is 10.2. The van der Waals surface area contributed by atoms with Crippen LogP contribution in [0.1, 0.15) is 35.7 Å². The highest BCUT2D eigenvalue weighted by atomic mass is 35.5. The first-order valence-corrected chi connectivity index (χ1v) is 11.2. The number of anilines is 1. The van der Waals surface area contributed by atoms with E-state index in [1.165, 1.54) is 15.9 Å². The van der Waals surface area contributed by atoms with Gasteiger partial charge in [-0.3, -0.25) is 19.1 Å². The van der Waals surface area contributed by atoms with E-state index < -0.39 is 0 Å². The highest BCUT2D eigenvalue weighted by Crippen LogP contribution is 2.26. The van der Waals surface area contributed by atoms with Crippen LogP contribution in [0.3, 0.4) is 0 Å². The maximum absolute atomic E-state index is 13.3. The molecule has 3 rings (SSSR count). The molecule has 6 nitrogen and oxygen atoms in total. The number of thiophene rings is 1. The summed E-state index contributed by atoms with van der Waals surface area (Å²) in [6.07, 6.45) is 0. The van der Waals surface area contributed by atoms with Gasteiger partial charge in [0.15, 0.2) is 0 Å². The Bertz CT molecular complexity index is 1150. The summed E-state index contributed by atoms with van der Waals surface area (Å²) < 4.78 is 1.50. The molecule has 0 saturated carbocycles. The van der Waals surface area contributed by atoms with Gasteiger partial charge in [0.25, 0.3) is 5.56 Å². The monoisotopic (exact) mass is 446 g/mol. The molecule has 0 fully saturated rings. The number of carbonyl (C=O) groups is 1. The van der Waals surface area contributed by atoms with Crippen LogP contribution < -0.4 is 10.9 Å². The van der Waals surface area contributed by atoms with Crippen LogP contribution in [0, 0.1) is 20.8 Å². The first kappa shape index (κ1) is 22.5. The van der Waals surface area contributed by atoms with Gasteiger partial charge in [-0.05, 0) is 57.1 Å². The van der Waals surface area contributed by atoms with E-state index in [2.05, 4.69) is 24.1 Å². The van der Waals surface area contributed by atoms with Gasteiger partial charge in [-0.25, -0.2) is 4.98 Å². The van der Waals surface area contributed by atoms with Crippen molar-refractivity contribution in [1.29, 1.82) is 0 Å². The number of hydrogen-bond acceptors (Lipinski definition) is 5. The molecule has 0 aliphatic heterocycles. The minimum absolute atomic E-state index is 0.0990. The number of benzene rings is 1. The van der Waals surface area contributed by atoms with Crippen molar-refractivity contribution < 1.29 is 4.79 Å². The number of fused-ring (bicyclic) bond motifs is 1. The van der Waals surface area contributed by atoms with Gasteiger partial charge >= 0.3 is 0 Å². The standard InChI is InChI=1S/C22H27ClN4O2S/c1-6-26(7-2)11-18-25-21-20(14(4)15(5)30-21)22(29)27(18)12-19(28)24-16-9-8-13(3)17(23)10-16/h8-10H,6-7,11-12H2,1-5H3,(H,24,28). The minimum Gasteiger partial charge on any atom is -0.324 e. The largest absolute Gasteiger partial charge is 0.324 e. The smallest absolute Gasteiger partial charge is 0.263 e. The number of hydrogen-bond donors (Lipinski definition) is 1. The summed E-state index contributed by atoms with van der Waals surface area (Å²) in [6, 6.07) is 5.36. The molecule has 0 aliphatic rings. The lowest BCUT2D eigenvalue weighted by Crippen LogP contribution is -2.34. The summed E-state index contributed by atoms with van der Waals surface area (Å²) in [6.45, 7) is 12.0. The first-order chi connectivity index (χ1) is 14.2. The van der Waals surface area contributed by atoms with Crippen molar-refractivity contribution in [2.45, 2.75) is 47.7 Å². The molecule has 3 aromatic rings. The Morgan fingerprint density at radius 2 is 1.93 bits per heavy atom. The number of amides is 1. The van der Waals surface area contributed by atoms with E-state index >= 15 is 0 Å². The fourth-order valence-electron chi connectivity index (χ4n) is 3.32. The summed E-state index contributed by atoms with van der Waals surface area (Å²) in [4.78, 5) is 34.9. The predicted molar refractivity (Wildman–Crippen MR) is 125 cm³/mol. The van der Waals surface area contributed by atoms with E-state index in [-0.39, 0.29) is 18.0 Å². The number of aryl methyl sites for hydroxylation is 3. The van der Waals surface area contributed by atoms with E-state index in [1.54, 1.807) is 12.1 Å². The quantitative estimate of drug-likeness (QED) is 0.579.